The number of carbonyl (C=O) groups excluding carboxylic acids is 1. The van der Waals surface area contributed by atoms with Crippen LogP contribution in [0.2, 0.25) is 0 Å². The summed E-state index contributed by atoms with van der Waals surface area (Å²) in [5.41, 5.74) is 0.299. The summed E-state index contributed by atoms with van der Waals surface area (Å²) in [6.07, 6.45) is 4.02. The summed E-state index contributed by atoms with van der Waals surface area (Å²) in [6.45, 7) is 1.71. The van der Waals surface area contributed by atoms with Crippen LogP contribution in [0.25, 0.3) is 0 Å². The molecule has 0 aliphatic carbocycles. The van der Waals surface area contributed by atoms with Crippen molar-refractivity contribution in [3.8, 4) is 0 Å². The van der Waals surface area contributed by atoms with Gasteiger partial charge in [0.25, 0.3) is 0 Å². The zero-order valence-electron chi connectivity index (χ0n) is 9.10. The van der Waals surface area contributed by atoms with Gasteiger partial charge >= 0.3 is 0 Å². The molecule has 0 heterocycles. The van der Waals surface area contributed by atoms with Crippen LogP contribution >= 0.6 is 0 Å². The van der Waals surface area contributed by atoms with Crippen molar-refractivity contribution in [2.75, 3.05) is 11.6 Å². The minimum absolute atomic E-state index is 0.118. The average molecular weight is 239 g/mol. The maximum atomic E-state index is 11.4. The van der Waals surface area contributed by atoms with E-state index in [1.165, 1.54) is 12.1 Å². The van der Waals surface area contributed by atoms with Gasteiger partial charge in [-0.25, -0.2) is 8.42 Å². The number of carbonyl (C=O) groups is 1. The second-order valence-electron chi connectivity index (χ2n) is 3.26. The smallest absolute Gasteiger partial charge is 0.248 e. The molecule has 0 fully saturated rings. The van der Waals surface area contributed by atoms with Crippen LogP contribution in [0.4, 0.5) is 5.69 Å². The molecule has 86 valence electrons. The molecule has 4 nitrogen and oxygen atoms in total. The van der Waals surface area contributed by atoms with Crippen molar-refractivity contribution < 1.29 is 13.2 Å². The molecule has 16 heavy (non-hydrogen) atoms. The number of allylic oxidation sites excluding steroid dienone is 1. The van der Waals surface area contributed by atoms with Crippen LogP contribution in [-0.2, 0) is 14.6 Å². The van der Waals surface area contributed by atoms with E-state index in [1.807, 2.05) is 0 Å². The molecular weight excluding hydrogens is 226 g/mol. The highest BCUT2D eigenvalue weighted by Gasteiger charge is 2.13. The Kier molecular flexibility index (Phi) is 3.84. The predicted octanol–water partition coefficient (Wildman–Crippen LogP) is 1.60. The minimum atomic E-state index is -3.33. The second-order valence-corrected chi connectivity index (χ2v) is 5.24. The van der Waals surface area contributed by atoms with Crippen molar-refractivity contribution in [1.29, 1.82) is 0 Å². The van der Waals surface area contributed by atoms with E-state index in [0.717, 1.165) is 6.26 Å². The van der Waals surface area contributed by atoms with Crippen LogP contribution in [-0.4, -0.2) is 20.6 Å². The standard InChI is InChI=1S/C11H13NO3S/c1-3-6-11(13)12-9-7-4-5-8-10(9)16(2,14)15/h3-8H,1-2H3,(H,12,13). The van der Waals surface area contributed by atoms with E-state index in [-0.39, 0.29) is 10.8 Å². The summed E-state index contributed by atoms with van der Waals surface area (Å²) in [5.74, 6) is -0.349. The highest BCUT2D eigenvalue weighted by molar-refractivity contribution is 7.90. The van der Waals surface area contributed by atoms with Gasteiger partial charge in [-0.3, -0.25) is 4.79 Å². The van der Waals surface area contributed by atoms with Gasteiger partial charge in [-0.1, -0.05) is 18.2 Å². The molecule has 0 atom stereocenters. The van der Waals surface area contributed by atoms with E-state index in [2.05, 4.69) is 5.32 Å². The third-order valence-electron chi connectivity index (χ3n) is 1.86. The Balaban J connectivity index is 3.10. The molecule has 0 radical (unpaired) electrons. The molecule has 0 aliphatic rings. The Morgan fingerprint density at radius 1 is 1.31 bits per heavy atom. The molecule has 1 N–H and O–H groups in total. The maximum absolute atomic E-state index is 11.4. The van der Waals surface area contributed by atoms with Gasteiger partial charge in [0.05, 0.1) is 10.6 Å². The molecule has 0 aliphatic heterocycles. The number of para-hydroxylation sites is 1. The Morgan fingerprint density at radius 2 is 1.94 bits per heavy atom. The summed E-state index contributed by atoms with van der Waals surface area (Å²) in [5, 5.41) is 2.51. The molecular formula is C11H13NO3S. The SMILES string of the molecule is CC=CC(=O)Nc1ccccc1S(C)(=O)=O. The van der Waals surface area contributed by atoms with Crippen LogP contribution < -0.4 is 5.32 Å². The molecule has 0 saturated carbocycles. The van der Waals surface area contributed by atoms with Crippen molar-refractivity contribution >= 4 is 21.4 Å². The molecule has 1 amide bonds. The Labute approximate surface area is 94.9 Å². The molecule has 0 bridgehead atoms. The topological polar surface area (TPSA) is 63.2 Å². The van der Waals surface area contributed by atoms with Crippen molar-refractivity contribution in [2.45, 2.75) is 11.8 Å². The Bertz CT molecular complexity index is 518. The zero-order chi connectivity index (χ0) is 12.2. The van der Waals surface area contributed by atoms with Crippen LogP contribution in [0.3, 0.4) is 0 Å². The summed E-state index contributed by atoms with van der Waals surface area (Å²) >= 11 is 0. The lowest BCUT2D eigenvalue weighted by Crippen LogP contribution is -2.11. The quantitative estimate of drug-likeness (QED) is 0.815. The number of hydrogen-bond acceptors (Lipinski definition) is 3. The van der Waals surface area contributed by atoms with E-state index in [1.54, 1.807) is 31.2 Å². The van der Waals surface area contributed by atoms with E-state index in [4.69, 9.17) is 0 Å². The fraction of sp³-hybridized carbons (Fsp3) is 0.182. The summed E-state index contributed by atoms with van der Waals surface area (Å²) < 4.78 is 22.8. The number of hydrogen-bond donors (Lipinski definition) is 1. The maximum Gasteiger partial charge on any atom is 0.248 e. The van der Waals surface area contributed by atoms with E-state index in [9.17, 15) is 13.2 Å². The van der Waals surface area contributed by atoms with Crippen LogP contribution in [0.5, 0.6) is 0 Å². The lowest BCUT2D eigenvalue weighted by atomic mass is 10.3. The average Bonchev–Trinajstić information content (AvgIpc) is 2.17. The van der Waals surface area contributed by atoms with Gasteiger partial charge in [-0.05, 0) is 25.1 Å². The summed E-state index contributed by atoms with van der Waals surface area (Å²) in [6, 6.07) is 6.29. The van der Waals surface area contributed by atoms with Crippen molar-refractivity contribution in [3.05, 3.63) is 36.4 Å². The normalized spacial score (nSPS) is 11.6. The molecule has 0 spiro atoms. The molecule has 0 unspecified atom stereocenters. The largest absolute Gasteiger partial charge is 0.321 e. The summed E-state index contributed by atoms with van der Waals surface area (Å²) in [4.78, 5) is 11.4. The van der Waals surface area contributed by atoms with Crippen molar-refractivity contribution in [1.82, 2.24) is 0 Å². The number of nitrogens with one attached hydrogen (secondary N) is 1. The number of sulfone groups is 1. The number of benzene rings is 1. The predicted molar refractivity (Wildman–Crippen MR) is 63.0 cm³/mol. The Morgan fingerprint density at radius 3 is 2.50 bits per heavy atom. The first kappa shape index (κ1) is 12.4. The first-order valence-electron chi connectivity index (χ1n) is 4.68. The lowest BCUT2D eigenvalue weighted by Gasteiger charge is -2.07. The third kappa shape index (κ3) is 3.20. The number of amides is 1. The van der Waals surface area contributed by atoms with Crippen molar-refractivity contribution in [3.63, 3.8) is 0 Å². The first-order chi connectivity index (χ1) is 7.45. The molecule has 0 saturated heterocycles. The first-order valence-corrected chi connectivity index (χ1v) is 6.57. The Hall–Kier alpha value is -1.62. The second kappa shape index (κ2) is 4.94. The van der Waals surface area contributed by atoms with Gasteiger partial charge in [0, 0.05) is 6.26 Å². The number of anilines is 1. The van der Waals surface area contributed by atoms with E-state index in [0.29, 0.717) is 5.69 Å². The van der Waals surface area contributed by atoms with Gasteiger partial charge in [-0.15, -0.1) is 0 Å². The molecule has 1 rings (SSSR count). The highest BCUT2D eigenvalue weighted by Crippen LogP contribution is 2.20. The van der Waals surface area contributed by atoms with Crippen molar-refractivity contribution in [2.24, 2.45) is 0 Å². The van der Waals surface area contributed by atoms with Gasteiger partial charge in [0.1, 0.15) is 0 Å². The lowest BCUT2D eigenvalue weighted by molar-refractivity contribution is -0.111. The monoisotopic (exact) mass is 239 g/mol. The molecule has 1 aromatic rings. The van der Waals surface area contributed by atoms with Crippen LogP contribution in [0.1, 0.15) is 6.92 Å². The third-order valence-corrected chi connectivity index (χ3v) is 3.02. The number of rotatable bonds is 3. The van der Waals surface area contributed by atoms with Crippen LogP contribution in [0.15, 0.2) is 41.3 Å². The van der Waals surface area contributed by atoms with Gasteiger partial charge < -0.3 is 5.32 Å². The zero-order valence-corrected chi connectivity index (χ0v) is 9.91. The van der Waals surface area contributed by atoms with Gasteiger partial charge in [0.2, 0.25) is 5.91 Å². The molecule has 0 aromatic heterocycles. The fourth-order valence-electron chi connectivity index (χ4n) is 1.22. The van der Waals surface area contributed by atoms with E-state index >= 15 is 0 Å². The summed E-state index contributed by atoms with van der Waals surface area (Å²) in [7, 11) is -3.33. The molecule has 1 aromatic carbocycles. The van der Waals surface area contributed by atoms with E-state index < -0.39 is 9.84 Å². The van der Waals surface area contributed by atoms with Gasteiger partial charge in [-0.2, -0.15) is 0 Å². The molecule has 5 heteroatoms. The fourth-order valence-corrected chi connectivity index (χ4v) is 2.06. The van der Waals surface area contributed by atoms with Gasteiger partial charge in [0.15, 0.2) is 9.84 Å². The minimum Gasteiger partial charge on any atom is -0.321 e. The van der Waals surface area contributed by atoms with Crippen LogP contribution in [0, 0.1) is 0 Å². The highest BCUT2D eigenvalue weighted by atomic mass is 32.2.